The van der Waals surface area contributed by atoms with E-state index in [9.17, 15) is 10.2 Å². The summed E-state index contributed by atoms with van der Waals surface area (Å²) < 4.78 is 15.3. The summed E-state index contributed by atoms with van der Waals surface area (Å²) in [6.07, 6.45) is 1.18. The van der Waals surface area contributed by atoms with Crippen LogP contribution in [0.1, 0.15) is 30.1 Å². The van der Waals surface area contributed by atoms with Crippen molar-refractivity contribution in [2.24, 2.45) is 11.8 Å². The number of fused-ring (bicyclic) bond motifs is 1. The molecule has 2 fully saturated rings. The number of hydrogen-bond donors (Lipinski definition) is 2. The average Bonchev–Trinajstić information content (AvgIpc) is 3.10. The molecular formula is C22H26FNO2. The molecule has 4 rings (SSSR count). The van der Waals surface area contributed by atoms with Crippen molar-refractivity contribution in [3.8, 4) is 5.75 Å². The van der Waals surface area contributed by atoms with Gasteiger partial charge < -0.3 is 10.2 Å². The van der Waals surface area contributed by atoms with Gasteiger partial charge >= 0.3 is 0 Å². The van der Waals surface area contributed by atoms with E-state index in [4.69, 9.17) is 0 Å². The van der Waals surface area contributed by atoms with Crippen LogP contribution in [-0.2, 0) is 6.42 Å². The molecule has 1 heterocycles. The molecule has 2 aliphatic rings. The van der Waals surface area contributed by atoms with Crippen molar-refractivity contribution in [3.63, 3.8) is 0 Å². The van der Waals surface area contributed by atoms with Gasteiger partial charge in [0.25, 0.3) is 0 Å². The third-order valence-electron chi connectivity index (χ3n) is 5.98. The van der Waals surface area contributed by atoms with E-state index < -0.39 is 11.8 Å². The highest BCUT2D eigenvalue weighted by molar-refractivity contribution is 5.27. The zero-order valence-electron chi connectivity index (χ0n) is 14.9. The number of halogens is 1. The molecule has 26 heavy (non-hydrogen) atoms. The number of aliphatic hydroxyl groups excluding tert-OH is 1. The fourth-order valence-corrected chi connectivity index (χ4v) is 4.82. The lowest BCUT2D eigenvalue weighted by Crippen LogP contribution is -2.31. The Morgan fingerprint density at radius 1 is 1.00 bits per heavy atom. The maximum Gasteiger partial charge on any atom is 0.115 e. The van der Waals surface area contributed by atoms with Crippen LogP contribution in [0, 0.1) is 11.8 Å². The van der Waals surface area contributed by atoms with Crippen LogP contribution in [0.15, 0.2) is 54.6 Å². The summed E-state index contributed by atoms with van der Waals surface area (Å²) in [6.45, 7) is 2.29. The number of likely N-dealkylation sites (tertiary alicyclic amines) is 1. The van der Waals surface area contributed by atoms with Crippen LogP contribution in [-0.4, -0.2) is 40.4 Å². The van der Waals surface area contributed by atoms with Crippen LogP contribution in [0.4, 0.5) is 4.39 Å². The maximum atomic E-state index is 15.3. The maximum absolute atomic E-state index is 15.3. The SMILES string of the molecule is Oc1ccc(C(O)CN2C[C@@H]3CC(F)(Cc4ccccc4)C[C@@H]3C2)cc1. The molecule has 2 N–H and O–H groups in total. The van der Waals surface area contributed by atoms with Gasteiger partial charge in [0.05, 0.1) is 6.10 Å². The van der Waals surface area contributed by atoms with Gasteiger partial charge in [-0.15, -0.1) is 0 Å². The van der Waals surface area contributed by atoms with Gasteiger partial charge in [0, 0.05) is 26.1 Å². The predicted octanol–water partition coefficient (Wildman–Crippen LogP) is 3.72. The van der Waals surface area contributed by atoms with E-state index in [-0.39, 0.29) is 5.75 Å². The second kappa shape index (κ2) is 7.01. The molecule has 1 aliphatic heterocycles. The third kappa shape index (κ3) is 3.76. The fourth-order valence-electron chi connectivity index (χ4n) is 4.82. The van der Waals surface area contributed by atoms with Crippen LogP contribution in [0.3, 0.4) is 0 Å². The van der Waals surface area contributed by atoms with Gasteiger partial charge in [-0.25, -0.2) is 4.39 Å². The van der Waals surface area contributed by atoms with Crippen molar-refractivity contribution < 1.29 is 14.6 Å². The molecule has 0 aromatic heterocycles. The number of phenolic OH excluding ortho intramolecular Hbond substituents is 1. The van der Waals surface area contributed by atoms with Gasteiger partial charge in [0.1, 0.15) is 11.4 Å². The molecule has 0 amide bonds. The van der Waals surface area contributed by atoms with E-state index >= 15 is 4.39 Å². The first-order valence-corrected chi connectivity index (χ1v) is 9.43. The molecule has 2 aromatic carbocycles. The molecule has 4 atom stereocenters. The number of benzene rings is 2. The summed E-state index contributed by atoms with van der Waals surface area (Å²) >= 11 is 0. The highest BCUT2D eigenvalue weighted by Crippen LogP contribution is 2.47. The Bertz CT molecular complexity index is 720. The zero-order chi connectivity index (χ0) is 18.1. The quantitative estimate of drug-likeness (QED) is 0.859. The lowest BCUT2D eigenvalue weighted by atomic mass is 9.93. The zero-order valence-corrected chi connectivity index (χ0v) is 14.9. The number of rotatable bonds is 5. The molecule has 2 unspecified atom stereocenters. The van der Waals surface area contributed by atoms with Crippen LogP contribution >= 0.6 is 0 Å². The predicted molar refractivity (Wildman–Crippen MR) is 99.7 cm³/mol. The van der Waals surface area contributed by atoms with Crippen LogP contribution in [0.25, 0.3) is 0 Å². The van der Waals surface area contributed by atoms with Gasteiger partial charge in [0.2, 0.25) is 0 Å². The number of phenols is 1. The van der Waals surface area contributed by atoms with E-state index in [1.54, 1.807) is 24.3 Å². The third-order valence-corrected chi connectivity index (χ3v) is 5.98. The largest absolute Gasteiger partial charge is 0.508 e. The van der Waals surface area contributed by atoms with Crippen molar-refractivity contribution in [3.05, 3.63) is 65.7 Å². The second-order valence-electron chi connectivity index (χ2n) is 8.07. The molecule has 138 valence electrons. The summed E-state index contributed by atoms with van der Waals surface area (Å²) in [6, 6.07) is 16.6. The minimum atomic E-state index is -1.08. The van der Waals surface area contributed by atoms with Gasteiger partial charge in [-0.2, -0.15) is 0 Å². The molecule has 1 aliphatic carbocycles. The fraction of sp³-hybridized carbons (Fsp3) is 0.455. The number of alkyl halides is 1. The minimum absolute atomic E-state index is 0.203. The first-order valence-electron chi connectivity index (χ1n) is 9.43. The van der Waals surface area contributed by atoms with Crippen molar-refractivity contribution in [1.82, 2.24) is 4.90 Å². The molecule has 4 heteroatoms. The van der Waals surface area contributed by atoms with Gasteiger partial charge in [0.15, 0.2) is 0 Å². The van der Waals surface area contributed by atoms with Gasteiger partial charge in [-0.3, -0.25) is 4.90 Å². The lowest BCUT2D eigenvalue weighted by molar-refractivity contribution is 0.108. The van der Waals surface area contributed by atoms with Crippen molar-refractivity contribution in [2.45, 2.75) is 31.0 Å². The van der Waals surface area contributed by atoms with Crippen molar-refractivity contribution in [2.75, 3.05) is 19.6 Å². The first kappa shape index (κ1) is 17.5. The Balaban J connectivity index is 1.32. The molecular weight excluding hydrogens is 329 g/mol. The van der Waals surface area contributed by atoms with E-state index in [0.29, 0.717) is 37.6 Å². The van der Waals surface area contributed by atoms with Gasteiger partial charge in [-0.1, -0.05) is 42.5 Å². The number of hydrogen-bond acceptors (Lipinski definition) is 3. The monoisotopic (exact) mass is 355 g/mol. The van der Waals surface area contributed by atoms with Crippen LogP contribution in [0.5, 0.6) is 5.75 Å². The van der Waals surface area contributed by atoms with E-state index in [2.05, 4.69) is 4.90 Å². The molecule has 0 radical (unpaired) electrons. The lowest BCUT2D eigenvalue weighted by Gasteiger charge is -2.25. The molecule has 0 spiro atoms. The summed E-state index contributed by atoms with van der Waals surface area (Å²) in [5.41, 5.74) is 0.802. The Labute approximate surface area is 154 Å². The van der Waals surface area contributed by atoms with Gasteiger partial charge in [-0.05, 0) is 47.9 Å². The average molecular weight is 355 g/mol. The molecule has 1 saturated heterocycles. The summed E-state index contributed by atoms with van der Waals surface area (Å²) in [7, 11) is 0. The first-order chi connectivity index (χ1) is 12.5. The van der Waals surface area contributed by atoms with E-state index in [1.807, 2.05) is 30.3 Å². The minimum Gasteiger partial charge on any atom is -0.508 e. The Kier molecular flexibility index (Phi) is 4.72. The van der Waals surface area contributed by atoms with Crippen LogP contribution < -0.4 is 0 Å². The normalized spacial score (nSPS) is 29.6. The van der Waals surface area contributed by atoms with Crippen molar-refractivity contribution in [1.29, 1.82) is 0 Å². The molecule has 1 saturated carbocycles. The highest BCUT2D eigenvalue weighted by atomic mass is 19.1. The number of nitrogens with zero attached hydrogens (tertiary/aromatic N) is 1. The topological polar surface area (TPSA) is 43.7 Å². The Morgan fingerprint density at radius 3 is 2.23 bits per heavy atom. The van der Waals surface area contributed by atoms with Crippen LogP contribution in [0.2, 0.25) is 0 Å². The van der Waals surface area contributed by atoms with E-state index in [0.717, 1.165) is 24.2 Å². The van der Waals surface area contributed by atoms with E-state index in [1.165, 1.54) is 0 Å². The summed E-state index contributed by atoms with van der Waals surface area (Å²) in [4.78, 5) is 2.26. The standard InChI is InChI=1S/C22H26FNO2/c23-22(10-16-4-2-1-3-5-16)11-18-13-24(14-19(18)12-22)15-21(26)17-6-8-20(25)9-7-17/h1-9,18-19,21,25-26H,10-15H2/t18-,19+,21?,22?. The Morgan fingerprint density at radius 2 is 1.62 bits per heavy atom. The molecule has 0 bridgehead atoms. The summed E-state index contributed by atoms with van der Waals surface area (Å²) in [5, 5.41) is 19.8. The number of aromatic hydroxyl groups is 1. The van der Waals surface area contributed by atoms with Crippen molar-refractivity contribution >= 4 is 0 Å². The summed E-state index contributed by atoms with van der Waals surface area (Å²) in [5.74, 6) is 0.973. The number of aliphatic hydroxyl groups is 1. The molecule has 3 nitrogen and oxygen atoms in total. The smallest absolute Gasteiger partial charge is 0.115 e. The Hall–Kier alpha value is -1.91. The highest BCUT2D eigenvalue weighted by Gasteiger charge is 2.49. The second-order valence-corrected chi connectivity index (χ2v) is 8.07. The number of β-amino-alcohol motifs (C(OH)–C–C–N with tert-alkyl or cyclic N) is 1. The molecule has 2 aromatic rings.